The number of hydrogen-bond donors (Lipinski definition) is 2. The van der Waals surface area contributed by atoms with Gasteiger partial charge in [0.25, 0.3) is 0 Å². The molecule has 3 rings (SSSR count). The SMILES string of the molecule is CC1(C)OB(c2c(C3(O)CC3)[nH]ccc2=O)OC1(C)C. The molecule has 0 spiro atoms. The molecule has 0 amide bonds. The van der Waals surface area contributed by atoms with Crippen LogP contribution in [0.4, 0.5) is 0 Å². The largest absolute Gasteiger partial charge is 0.500 e. The highest BCUT2D eigenvalue weighted by molar-refractivity contribution is 6.62. The predicted molar refractivity (Wildman–Crippen MR) is 75.9 cm³/mol. The summed E-state index contributed by atoms with van der Waals surface area (Å²) in [6, 6.07) is 1.44. The van der Waals surface area contributed by atoms with E-state index in [0.29, 0.717) is 24.0 Å². The van der Waals surface area contributed by atoms with E-state index in [2.05, 4.69) is 4.98 Å². The minimum Gasteiger partial charge on any atom is -0.399 e. The van der Waals surface area contributed by atoms with Crippen LogP contribution in [-0.4, -0.2) is 28.4 Å². The van der Waals surface area contributed by atoms with Crippen molar-refractivity contribution in [1.29, 1.82) is 0 Å². The van der Waals surface area contributed by atoms with Gasteiger partial charge in [-0.15, -0.1) is 0 Å². The molecule has 1 saturated heterocycles. The molecule has 5 nitrogen and oxygen atoms in total. The van der Waals surface area contributed by atoms with Crippen molar-refractivity contribution in [3.63, 3.8) is 0 Å². The van der Waals surface area contributed by atoms with E-state index in [1.54, 1.807) is 6.20 Å². The van der Waals surface area contributed by atoms with Crippen LogP contribution in [0.1, 0.15) is 46.2 Å². The highest BCUT2D eigenvalue weighted by Crippen LogP contribution is 2.44. The lowest BCUT2D eigenvalue weighted by Crippen LogP contribution is -2.48. The van der Waals surface area contributed by atoms with E-state index in [1.807, 2.05) is 27.7 Å². The van der Waals surface area contributed by atoms with Gasteiger partial charge in [0.15, 0.2) is 5.43 Å². The average Bonchev–Trinajstić information content (AvgIpc) is 3.01. The first-order valence-corrected chi connectivity index (χ1v) is 6.96. The molecule has 2 N–H and O–H groups in total. The average molecular weight is 277 g/mol. The molecule has 2 aliphatic rings. The van der Waals surface area contributed by atoms with E-state index in [0.717, 1.165) is 0 Å². The maximum absolute atomic E-state index is 12.2. The van der Waals surface area contributed by atoms with Crippen molar-refractivity contribution in [1.82, 2.24) is 4.98 Å². The molecule has 20 heavy (non-hydrogen) atoms. The molecule has 0 aromatic carbocycles. The lowest BCUT2D eigenvalue weighted by atomic mass is 9.76. The van der Waals surface area contributed by atoms with Gasteiger partial charge in [-0.2, -0.15) is 0 Å². The Kier molecular flexibility index (Phi) is 2.75. The Hall–Kier alpha value is -1.11. The topological polar surface area (TPSA) is 71.5 Å². The summed E-state index contributed by atoms with van der Waals surface area (Å²) in [4.78, 5) is 15.2. The second-order valence-electron chi connectivity index (χ2n) is 6.75. The number of pyridine rings is 1. The van der Waals surface area contributed by atoms with E-state index in [1.165, 1.54) is 6.07 Å². The third-order valence-electron chi connectivity index (χ3n) is 4.68. The van der Waals surface area contributed by atoms with E-state index in [9.17, 15) is 9.90 Å². The zero-order chi connectivity index (χ0) is 14.8. The number of rotatable bonds is 2. The molecular formula is C14H20BNO4. The summed E-state index contributed by atoms with van der Waals surface area (Å²) < 4.78 is 11.9. The fraction of sp³-hybridized carbons (Fsp3) is 0.643. The maximum atomic E-state index is 12.2. The number of aromatic nitrogens is 1. The van der Waals surface area contributed by atoms with Gasteiger partial charge >= 0.3 is 7.12 Å². The van der Waals surface area contributed by atoms with Crippen molar-refractivity contribution < 1.29 is 14.4 Å². The third kappa shape index (κ3) is 1.94. The molecule has 2 fully saturated rings. The third-order valence-corrected chi connectivity index (χ3v) is 4.68. The van der Waals surface area contributed by atoms with Crippen LogP contribution < -0.4 is 10.9 Å². The zero-order valence-corrected chi connectivity index (χ0v) is 12.3. The molecule has 0 bridgehead atoms. The summed E-state index contributed by atoms with van der Waals surface area (Å²) in [7, 11) is -0.746. The van der Waals surface area contributed by atoms with Gasteiger partial charge in [-0.05, 0) is 40.5 Å². The summed E-state index contributed by atoms with van der Waals surface area (Å²) in [5.74, 6) is 0. The normalized spacial score (nSPS) is 25.8. The van der Waals surface area contributed by atoms with Gasteiger partial charge in [0.2, 0.25) is 0 Å². The zero-order valence-electron chi connectivity index (χ0n) is 12.3. The van der Waals surface area contributed by atoms with Gasteiger partial charge in [-0.1, -0.05) is 0 Å². The standard InChI is InChI=1S/C14H20BNO4/c1-12(2)13(3,4)20-15(19-12)10-9(17)5-8-16-11(10)14(18)6-7-14/h5,8,18H,6-7H2,1-4H3,(H,16,17). The maximum Gasteiger partial charge on any atom is 0.500 e. The first kappa shape index (κ1) is 13.9. The number of nitrogens with one attached hydrogen (secondary N) is 1. The second kappa shape index (κ2) is 3.96. The fourth-order valence-corrected chi connectivity index (χ4v) is 2.44. The van der Waals surface area contributed by atoms with Gasteiger partial charge in [0.05, 0.1) is 22.4 Å². The van der Waals surface area contributed by atoms with Crippen molar-refractivity contribution >= 4 is 12.6 Å². The van der Waals surface area contributed by atoms with E-state index in [-0.39, 0.29) is 5.43 Å². The minimum atomic E-state index is -0.931. The van der Waals surface area contributed by atoms with Crippen molar-refractivity contribution in [3.05, 3.63) is 28.2 Å². The summed E-state index contributed by atoms with van der Waals surface area (Å²) in [5.41, 5.74) is -1.20. The van der Waals surface area contributed by atoms with Crippen molar-refractivity contribution in [3.8, 4) is 0 Å². The lowest BCUT2D eigenvalue weighted by Gasteiger charge is -2.32. The molecule has 0 atom stereocenters. The summed E-state index contributed by atoms with van der Waals surface area (Å²) in [5, 5.41) is 10.3. The van der Waals surface area contributed by atoms with E-state index in [4.69, 9.17) is 9.31 Å². The van der Waals surface area contributed by atoms with Crippen molar-refractivity contribution in [2.45, 2.75) is 57.3 Å². The Morgan fingerprint density at radius 3 is 2.25 bits per heavy atom. The highest BCUT2D eigenvalue weighted by atomic mass is 16.7. The number of aliphatic hydroxyl groups is 1. The van der Waals surface area contributed by atoms with E-state index >= 15 is 0 Å². The van der Waals surface area contributed by atoms with Crippen LogP contribution in [0.3, 0.4) is 0 Å². The first-order valence-electron chi connectivity index (χ1n) is 6.96. The molecule has 6 heteroatoms. The summed E-state index contributed by atoms with van der Waals surface area (Å²) in [6.07, 6.45) is 2.86. The molecule has 1 aliphatic carbocycles. The van der Waals surface area contributed by atoms with Crippen molar-refractivity contribution in [2.24, 2.45) is 0 Å². The molecule has 1 aromatic heterocycles. The van der Waals surface area contributed by atoms with Gasteiger partial charge in [-0.3, -0.25) is 4.79 Å². The molecular weight excluding hydrogens is 257 g/mol. The molecule has 1 saturated carbocycles. The Bertz CT molecular complexity index is 587. The fourth-order valence-electron chi connectivity index (χ4n) is 2.44. The highest BCUT2D eigenvalue weighted by Gasteiger charge is 2.55. The van der Waals surface area contributed by atoms with Crippen LogP contribution in [-0.2, 0) is 14.9 Å². The molecule has 0 radical (unpaired) electrons. The Morgan fingerprint density at radius 2 is 1.75 bits per heavy atom. The number of aromatic amines is 1. The first-order chi connectivity index (χ1) is 9.16. The smallest absolute Gasteiger partial charge is 0.399 e. The van der Waals surface area contributed by atoms with Gasteiger partial charge in [-0.25, -0.2) is 0 Å². The summed E-state index contributed by atoms with van der Waals surface area (Å²) in [6.45, 7) is 7.76. The molecule has 108 valence electrons. The monoisotopic (exact) mass is 277 g/mol. The predicted octanol–water partition coefficient (Wildman–Crippen LogP) is 0.655. The lowest BCUT2D eigenvalue weighted by molar-refractivity contribution is 0.00578. The second-order valence-corrected chi connectivity index (χ2v) is 6.75. The number of H-pyrrole nitrogens is 1. The molecule has 0 unspecified atom stereocenters. The van der Waals surface area contributed by atoms with Crippen molar-refractivity contribution in [2.75, 3.05) is 0 Å². The van der Waals surface area contributed by atoms with Gasteiger partial charge in [0.1, 0.15) is 5.60 Å². The van der Waals surface area contributed by atoms with E-state index < -0.39 is 23.9 Å². The van der Waals surface area contributed by atoms with Gasteiger partial charge < -0.3 is 19.4 Å². The molecule has 2 heterocycles. The van der Waals surface area contributed by atoms with Crippen LogP contribution in [0.2, 0.25) is 0 Å². The van der Waals surface area contributed by atoms with Crippen LogP contribution >= 0.6 is 0 Å². The Balaban J connectivity index is 2.06. The van der Waals surface area contributed by atoms with Crippen LogP contribution in [0.15, 0.2) is 17.1 Å². The minimum absolute atomic E-state index is 0.169. The van der Waals surface area contributed by atoms with Crippen LogP contribution in [0.5, 0.6) is 0 Å². The molecule has 1 aliphatic heterocycles. The Morgan fingerprint density at radius 1 is 1.20 bits per heavy atom. The molecule has 1 aromatic rings. The van der Waals surface area contributed by atoms with Crippen LogP contribution in [0.25, 0.3) is 0 Å². The Labute approximate surface area is 118 Å². The quantitative estimate of drug-likeness (QED) is 0.779. The van der Waals surface area contributed by atoms with Gasteiger partial charge in [0, 0.05) is 12.3 Å². The number of hydrogen-bond acceptors (Lipinski definition) is 4. The van der Waals surface area contributed by atoms with Crippen LogP contribution in [0, 0.1) is 0 Å². The summed E-state index contributed by atoms with van der Waals surface area (Å²) >= 11 is 0.